The number of aromatic nitrogens is 4. The lowest BCUT2D eigenvalue weighted by Crippen LogP contribution is -2.14. The zero-order valence-electron chi connectivity index (χ0n) is 14.0. The maximum absolute atomic E-state index is 13.1. The number of nitrogens with zero attached hydrogens (tertiary/aromatic N) is 5. The molecule has 0 radical (unpaired) electrons. The van der Waals surface area contributed by atoms with Crippen molar-refractivity contribution in [1.82, 2.24) is 19.6 Å². The van der Waals surface area contributed by atoms with E-state index in [1.165, 1.54) is 26.2 Å². The fraction of sp³-hybridized carbons (Fsp3) is 0.200. The molecule has 0 bridgehead atoms. The molecule has 0 aliphatic carbocycles. The highest BCUT2D eigenvalue weighted by molar-refractivity contribution is 6.02. The second-order valence-electron chi connectivity index (χ2n) is 5.40. The molecule has 0 unspecified atom stereocenters. The smallest absolute Gasteiger partial charge is 0.295 e. The van der Waals surface area contributed by atoms with Crippen molar-refractivity contribution < 1.29 is 23.2 Å². The number of nitro benzene ring substituents is 1. The van der Waals surface area contributed by atoms with Crippen LogP contribution in [0.3, 0.4) is 0 Å². The van der Waals surface area contributed by atoms with Gasteiger partial charge in [0, 0.05) is 17.8 Å². The summed E-state index contributed by atoms with van der Waals surface area (Å²) >= 11 is 0. The van der Waals surface area contributed by atoms with Gasteiger partial charge in [-0.25, -0.2) is 13.8 Å². The van der Waals surface area contributed by atoms with Crippen LogP contribution in [-0.4, -0.2) is 37.5 Å². The summed E-state index contributed by atoms with van der Waals surface area (Å²) in [4.78, 5) is 30.5. The minimum Gasteiger partial charge on any atom is -0.496 e. The van der Waals surface area contributed by atoms with Crippen molar-refractivity contribution in [1.29, 1.82) is 0 Å². The van der Waals surface area contributed by atoms with Crippen LogP contribution in [0.4, 0.5) is 20.2 Å². The maximum atomic E-state index is 13.1. The van der Waals surface area contributed by atoms with Crippen molar-refractivity contribution in [2.75, 3.05) is 12.4 Å². The van der Waals surface area contributed by atoms with Gasteiger partial charge in [0.05, 0.1) is 23.8 Å². The number of nitro groups is 1. The number of fused-ring (bicyclic) bond motifs is 1. The monoisotopic (exact) mass is 378 g/mol. The number of benzene rings is 1. The topological polar surface area (TPSA) is 125 Å². The fourth-order valence-electron chi connectivity index (χ4n) is 2.33. The Kier molecular flexibility index (Phi) is 4.62. The standard InChI is InChI=1S/C15H12F2N6O4/c1-7-3-11(12(16)17)22-15(18-7)20-13(21-22)14(24)19-8-4-9(23(25)26)6-10(5-8)27-2/h3-6,12H,1-2H3,(H,19,24). The molecular formula is C15H12F2N6O4. The zero-order valence-corrected chi connectivity index (χ0v) is 14.0. The summed E-state index contributed by atoms with van der Waals surface area (Å²) < 4.78 is 32.0. The maximum Gasteiger partial charge on any atom is 0.295 e. The first-order chi connectivity index (χ1) is 12.8. The molecule has 0 aliphatic heterocycles. The molecule has 1 N–H and O–H groups in total. The molecule has 2 heterocycles. The van der Waals surface area contributed by atoms with Gasteiger partial charge in [0.25, 0.3) is 23.8 Å². The average Bonchev–Trinajstić information content (AvgIpc) is 3.04. The number of hydrogen-bond acceptors (Lipinski definition) is 7. The summed E-state index contributed by atoms with van der Waals surface area (Å²) in [5.41, 5.74) is -0.408. The molecule has 27 heavy (non-hydrogen) atoms. The van der Waals surface area contributed by atoms with Gasteiger partial charge >= 0.3 is 0 Å². The summed E-state index contributed by atoms with van der Waals surface area (Å²) in [5.74, 6) is -1.27. The Labute approximate surface area is 150 Å². The lowest BCUT2D eigenvalue weighted by Gasteiger charge is -2.05. The van der Waals surface area contributed by atoms with Crippen LogP contribution < -0.4 is 10.1 Å². The van der Waals surface area contributed by atoms with Crippen LogP contribution in [0.15, 0.2) is 24.3 Å². The number of anilines is 1. The molecule has 0 saturated heterocycles. The molecule has 3 rings (SSSR count). The fourth-order valence-corrected chi connectivity index (χ4v) is 2.33. The third-order valence-corrected chi connectivity index (χ3v) is 3.49. The molecule has 2 aromatic heterocycles. The molecule has 1 aromatic carbocycles. The third kappa shape index (κ3) is 3.63. The lowest BCUT2D eigenvalue weighted by molar-refractivity contribution is -0.384. The molecule has 10 nitrogen and oxygen atoms in total. The molecule has 0 saturated carbocycles. The van der Waals surface area contributed by atoms with Crippen LogP contribution in [-0.2, 0) is 0 Å². The number of hydrogen-bond donors (Lipinski definition) is 1. The first-order valence-corrected chi connectivity index (χ1v) is 7.46. The highest BCUT2D eigenvalue weighted by atomic mass is 19.3. The number of carbonyl (C=O) groups excluding carboxylic acids is 1. The van der Waals surface area contributed by atoms with E-state index in [2.05, 4.69) is 20.4 Å². The molecule has 0 aliphatic rings. The van der Waals surface area contributed by atoms with Crippen molar-refractivity contribution in [2.24, 2.45) is 0 Å². The zero-order chi connectivity index (χ0) is 19.7. The van der Waals surface area contributed by atoms with E-state index in [1.54, 1.807) is 0 Å². The molecule has 0 fully saturated rings. The lowest BCUT2D eigenvalue weighted by atomic mass is 10.2. The first kappa shape index (κ1) is 18.1. The number of ether oxygens (including phenoxy) is 1. The summed E-state index contributed by atoms with van der Waals surface area (Å²) in [6.45, 7) is 1.51. The number of amides is 1. The van der Waals surface area contributed by atoms with Gasteiger partial charge in [0.15, 0.2) is 0 Å². The van der Waals surface area contributed by atoms with Crippen LogP contribution >= 0.6 is 0 Å². The summed E-state index contributed by atoms with van der Waals surface area (Å²) in [7, 11) is 1.31. The van der Waals surface area contributed by atoms with Gasteiger partial charge in [-0.1, -0.05) is 0 Å². The molecule has 12 heteroatoms. The Bertz CT molecular complexity index is 1050. The highest BCUT2D eigenvalue weighted by Gasteiger charge is 2.21. The first-order valence-electron chi connectivity index (χ1n) is 7.46. The molecule has 140 valence electrons. The largest absolute Gasteiger partial charge is 0.496 e. The van der Waals surface area contributed by atoms with Crippen LogP contribution in [0.2, 0.25) is 0 Å². The van der Waals surface area contributed by atoms with E-state index in [9.17, 15) is 23.7 Å². The van der Waals surface area contributed by atoms with E-state index in [-0.39, 0.29) is 22.9 Å². The number of nitrogens with one attached hydrogen (secondary N) is 1. The SMILES string of the molecule is COc1cc(NC(=O)c2nc3nc(C)cc(C(F)F)n3n2)cc([N+](=O)[O-])c1. The predicted octanol–water partition coefficient (Wildman–Crippen LogP) is 2.54. The van der Waals surface area contributed by atoms with Crippen LogP contribution in [0.25, 0.3) is 5.78 Å². The molecule has 1 amide bonds. The second kappa shape index (κ2) is 6.90. The van der Waals surface area contributed by atoms with Crippen molar-refractivity contribution >= 4 is 23.1 Å². The van der Waals surface area contributed by atoms with Gasteiger partial charge in [0.2, 0.25) is 5.82 Å². The Morgan fingerprint density at radius 2 is 2.04 bits per heavy atom. The van der Waals surface area contributed by atoms with E-state index in [0.29, 0.717) is 5.69 Å². The Morgan fingerprint density at radius 1 is 1.30 bits per heavy atom. The minimum atomic E-state index is -2.84. The number of non-ortho nitro benzene ring substituents is 1. The highest BCUT2D eigenvalue weighted by Crippen LogP contribution is 2.26. The van der Waals surface area contributed by atoms with E-state index in [1.807, 2.05) is 0 Å². The van der Waals surface area contributed by atoms with Crippen LogP contribution in [0.5, 0.6) is 5.75 Å². The van der Waals surface area contributed by atoms with Crippen LogP contribution in [0.1, 0.15) is 28.4 Å². The molecule has 3 aromatic rings. The number of carbonyl (C=O) groups is 1. The van der Waals surface area contributed by atoms with E-state index < -0.39 is 28.8 Å². The number of aryl methyl sites for hydroxylation is 1. The summed E-state index contributed by atoms with van der Waals surface area (Å²) in [6, 6.07) is 4.79. The number of alkyl halides is 2. The van der Waals surface area contributed by atoms with E-state index in [4.69, 9.17) is 4.74 Å². The summed E-state index contributed by atoms with van der Waals surface area (Å²) in [6.07, 6.45) is -2.84. The Balaban J connectivity index is 1.96. The molecular weight excluding hydrogens is 366 g/mol. The van der Waals surface area contributed by atoms with E-state index in [0.717, 1.165) is 16.6 Å². The van der Waals surface area contributed by atoms with Gasteiger partial charge in [-0.15, -0.1) is 5.10 Å². The van der Waals surface area contributed by atoms with Gasteiger partial charge in [0.1, 0.15) is 11.4 Å². The van der Waals surface area contributed by atoms with E-state index >= 15 is 0 Å². The van der Waals surface area contributed by atoms with Gasteiger partial charge in [-0.2, -0.15) is 9.50 Å². The Morgan fingerprint density at radius 3 is 2.67 bits per heavy atom. The van der Waals surface area contributed by atoms with Gasteiger partial charge < -0.3 is 10.1 Å². The van der Waals surface area contributed by atoms with Crippen molar-refractivity contribution in [3.8, 4) is 5.75 Å². The number of rotatable bonds is 5. The van der Waals surface area contributed by atoms with Crippen molar-refractivity contribution in [3.05, 3.63) is 51.6 Å². The predicted molar refractivity (Wildman–Crippen MR) is 88.1 cm³/mol. The van der Waals surface area contributed by atoms with Crippen molar-refractivity contribution in [3.63, 3.8) is 0 Å². The second-order valence-corrected chi connectivity index (χ2v) is 5.40. The number of halogens is 2. The average molecular weight is 378 g/mol. The summed E-state index contributed by atoms with van der Waals surface area (Å²) in [5, 5.41) is 17.1. The normalized spacial score (nSPS) is 11.0. The third-order valence-electron chi connectivity index (χ3n) is 3.49. The quantitative estimate of drug-likeness (QED) is 0.534. The van der Waals surface area contributed by atoms with Gasteiger partial charge in [-0.3, -0.25) is 14.9 Å². The molecule has 0 atom stereocenters. The minimum absolute atomic E-state index is 0.0585. The Hall–Kier alpha value is -3.70. The van der Waals surface area contributed by atoms with Crippen molar-refractivity contribution in [2.45, 2.75) is 13.3 Å². The number of methoxy groups -OCH3 is 1. The molecule has 0 spiro atoms. The van der Waals surface area contributed by atoms with Crippen LogP contribution in [0, 0.1) is 17.0 Å². The van der Waals surface area contributed by atoms with Gasteiger partial charge in [-0.05, 0) is 13.0 Å².